The highest BCUT2D eigenvalue weighted by Gasteiger charge is 2.19. The van der Waals surface area contributed by atoms with Gasteiger partial charge in [0.2, 0.25) is 0 Å². The lowest BCUT2D eigenvalue weighted by molar-refractivity contribution is -0.167. The van der Waals surface area contributed by atoms with Gasteiger partial charge in [-0.05, 0) is 89.9 Å². The molecule has 0 aliphatic rings. The fourth-order valence-electron chi connectivity index (χ4n) is 8.29. The summed E-state index contributed by atoms with van der Waals surface area (Å²) in [5.74, 6) is -0.883. The highest BCUT2D eigenvalue weighted by atomic mass is 16.6. The van der Waals surface area contributed by atoms with E-state index in [0.29, 0.717) is 19.3 Å². The second-order valence-corrected chi connectivity index (χ2v) is 19.5. The highest BCUT2D eigenvalue weighted by Crippen LogP contribution is 2.16. The van der Waals surface area contributed by atoms with E-state index >= 15 is 0 Å². The minimum atomic E-state index is -0.780. The van der Waals surface area contributed by atoms with Crippen LogP contribution in [0.4, 0.5) is 0 Å². The van der Waals surface area contributed by atoms with Gasteiger partial charge in [-0.25, -0.2) is 0 Å². The summed E-state index contributed by atoms with van der Waals surface area (Å²) in [4.78, 5) is 38.1. The molecule has 1 unspecified atom stereocenters. The van der Waals surface area contributed by atoms with Gasteiger partial charge in [0, 0.05) is 19.3 Å². The normalized spacial score (nSPS) is 12.6. The standard InChI is InChI=1S/C63H110O6/c1-4-7-10-13-16-19-22-25-27-28-29-30-31-32-33-34-35-36-37-39-41-44-47-50-53-56-62(65)68-59-60(58-67-61(64)55-52-49-46-43-40-24-21-18-15-12-9-6-3)69-63(66)57-54-51-48-45-42-38-26-23-20-17-14-11-8-5-2/h7,10,16,19,23,25-27,29-30,32-33,60H,4-6,8-9,11-15,17-18,20-22,24,28,31,34-59H2,1-3H3/b10-7-,19-16-,26-23-,27-25-,30-29-,33-32-. The quantitative estimate of drug-likeness (QED) is 0.0262. The van der Waals surface area contributed by atoms with E-state index in [1.807, 2.05) is 0 Å². The molecule has 0 aromatic carbocycles. The van der Waals surface area contributed by atoms with E-state index in [4.69, 9.17) is 14.2 Å². The molecular formula is C63H110O6. The Kier molecular flexibility index (Phi) is 54.8. The number of hydrogen-bond donors (Lipinski definition) is 0. The van der Waals surface area contributed by atoms with Crippen LogP contribution in [0.15, 0.2) is 72.9 Å². The first kappa shape index (κ1) is 65.8. The minimum Gasteiger partial charge on any atom is -0.462 e. The van der Waals surface area contributed by atoms with Crippen LogP contribution < -0.4 is 0 Å². The third-order valence-electron chi connectivity index (χ3n) is 12.7. The van der Waals surface area contributed by atoms with Gasteiger partial charge in [0.15, 0.2) is 6.10 Å². The first-order chi connectivity index (χ1) is 34.0. The number of allylic oxidation sites excluding steroid dienone is 12. The van der Waals surface area contributed by atoms with Crippen molar-refractivity contribution < 1.29 is 28.6 Å². The second-order valence-electron chi connectivity index (χ2n) is 19.5. The minimum absolute atomic E-state index is 0.0776. The third kappa shape index (κ3) is 55.6. The fraction of sp³-hybridized carbons (Fsp3) is 0.762. The number of carbonyl (C=O) groups is 3. The van der Waals surface area contributed by atoms with Crippen LogP contribution in [0, 0.1) is 0 Å². The summed E-state index contributed by atoms with van der Waals surface area (Å²) in [5.41, 5.74) is 0. The molecule has 0 spiro atoms. The molecule has 0 saturated carbocycles. The van der Waals surface area contributed by atoms with Crippen LogP contribution >= 0.6 is 0 Å². The van der Waals surface area contributed by atoms with Gasteiger partial charge in [0.25, 0.3) is 0 Å². The Hall–Kier alpha value is -3.15. The zero-order valence-corrected chi connectivity index (χ0v) is 45.6. The van der Waals surface area contributed by atoms with Crippen molar-refractivity contribution in [2.24, 2.45) is 0 Å². The van der Waals surface area contributed by atoms with Crippen LogP contribution in [0.2, 0.25) is 0 Å². The maximum Gasteiger partial charge on any atom is 0.306 e. The molecule has 6 heteroatoms. The van der Waals surface area contributed by atoms with Gasteiger partial charge in [-0.2, -0.15) is 0 Å². The average molecular weight is 964 g/mol. The van der Waals surface area contributed by atoms with E-state index in [1.165, 1.54) is 141 Å². The predicted octanol–water partition coefficient (Wildman–Crippen LogP) is 19.8. The molecule has 0 saturated heterocycles. The SMILES string of the molecule is CC/C=C\C/C=C\C/C=C\C/C=C\C/C=C\CCCCCCCCCCCC(=O)OCC(COC(=O)CCCCCCCCCCCCCC)OC(=O)CCCCCCC/C=C\CCCCCCC. The summed E-state index contributed by atoms with van der Waals surface area (Å²) in [6, 6.07) is 0. The Bertz CT molecular complexity index is 1290. The molecule has 0 fully saturated rings. The lowest BCUT2D eigenvalue weighted by Gasteiger charge is -2.18. The number of unbranched alkanes of at least 4 members (excludes halogenated alkanes) is 30. The van der Waals surface area contributed by atoms with Crippen LogP contribution in [-0.4, -0.2) is 37.2 Å². The third-order valence-corrected chi connectivity index (χ3v) is 12.7. The van der Waals surface area contributed by atoms with E-state index in [-0.39, 0.29) is 31.1 Å². The number of carbonyl (C=O) groups excluding carboxylic acids is 3. The summed E-state index contributed by atoms with van der Waals surface area (Å²) in [7, 11) is 0. The molecule has 0 amide bonds. The Morgan fingerprint density at radius 3 is 0.899 bits per heavy atom. The molecule has 0 heterocycles. The van der Waals surface area contributed by atoms with Crippen molar-refractivity contribution in [2.45, 2.75) is 297 Å². The van der Waals surface area contributed by atoms with Crippen LogP contribution in [-0.2, 0) is 28.6 Å². The van der Waals surface area contributed by atoms with Crippen LogP contribution in [0.3, 0.4) is 0 Å². The van der Waals surface area contributed by atoms with E-state index in [9.17, 15) is 14.4 Å². The maximum atomic E-state index is 12.8. The van der Waals surface area contributed by atoms with E-state index < -0.39 is 6.10 Å². The van der Waals surface area contributed by atoms with E-state index in [1.54, 1.807) is 0 Å². The molecule has 69 heavy (non-hydrogen) atoms. The molecule has 6 nitrogen and oxygen atoms in total. The van der Waals surface area contributed by atoms with Crippen molar-refractivity contribution in [1.82, 2.24) is 0 Å². The molecule has 398 valence electrons. The highest BCUT2D eigenvalue weighted by molar-refractivity contribution is 5.71. The topological polar surface area (TPSA) is 78.9 Å². The van der Waals surface area contributed by atoms with Crippen molar-refractivity contribution in [1.29, 1.82) is 0 Å². The maximum absolute atomic E-state index is 12.8. The van der Waals surface area contributed by atoms with Crippen LogP contribution in [0.25, 0.3) is 0 Å². The molecule has 0 radical (unpaired) electrons. The Labute approximate surface area is 427 Å². The number of esters is 3. The number of hydrogen-bond acceptors (Lipinski definition) is 6. The molecule has 0 aromatic rings. The van der Waals surface area contributed by atoms with Crippen LogP contribution in [0.5, 0.6) is 0 Å². The molecule has 0 aromatic heterocycles. The zero-order valence-electron chi connectivity index (χ0n) is 45.6. The van der Waals surface area contributed by atoms with Crippen LogP contribution in [0.1, 0.15) is 290 Å². The molecule has 0 rings (SSSR count). The van der Waals surface area contributed by atoms with Gasteiger partial charge in [-0.15, -0.1) is 0 Å². The van der Waals surface area contributed by atoms with Gasteiger partial charge < -0.3 is 14.2 Å². The Morgan fingerprint density at radius 2 is 0.565 bits per heavy atom. The van der Waals surface area contributed by atoms with Crippen molar-refractivity contribution in [3.8, 4) is 0 Å². The smallest absolute Gasteiger partial charge is 0.306 e. The first-order valence-electron chi connectivity index (χ1n) is 29.4. The largest absolute Gasteiger partial charge is 0.462 e. The van der Waals surface area contributed by atoms with Crippen molar-refractivity contribution in [2.75, 3.05) is 13.2 Å². The predicted molar refractivity (Wildman–Crippen MR) is 298 cm³/mol. The molecule has 0 aliphatic heterocycles. The summed E-state index contributed by atoms with van der Waals surface area (Å²) < 4.78 is 16.9. The summed E-state index contributed by atoms with van der Waals surface area (Å²) in [5, 5.41) is 0. The molecule has 0 aliphatic carbocycles. The molecule has 0 N–H and O–H groups in total. The molecule has 1 atom stereocenters. The average Bonchev–Trinajstić information content (AvgIpc) is 3.35. The lowest BCUT2D eigenvalue weighted by atomic mass is 10.0. The van der Waals surface area contributed by atoms with Crippen molar-refractivity contribution >= 4 is 17.9 Å². The summed E-state index contributed by atoms with van der Waals surface area (Å²) in [6.07, 6.45) is 73.2. The lowest BCUT2D eigenvalue weighted by Crippen LogP contribution is -2.30. The Morgan fingerprint density at radius 1 is 0.304 bits per heavy atom. The first-order valence-corrected chi connectivity index (χ1v) is 29.4. The fourth-order valence-corrected chi connectivity index (χ4v) is 8.29. The van der Waals surface area contributed by atoms with Gasteiger partial charge in [0.1, 0.15) is 13.2 Å². The second kappa shape index (κ2) is 57.4. The van der Waals surface area contributed by atoms with Gasteiger partial charge in [-0.3, -0.25) is 14.4 Å². The van der Waals surface area contributed by atoms with Crippen molar-refractivity contribution in [3.05, 3.63) is 72.9 Å². The van der Waals surface area contributed by atoms with Crippen molar-refractivity contribution in [3.63, 3.8) is 0 Å². The Balaban J connectivity index is 4.29. The number of ether oxygens (including phenoxy) is 3. The van der Waals surface area contributed by atoms with E-state index in [0.717, 1.165) is 109 Å². The van der Waals surface area contributed by atoms with E-state index in [2.05, 4.69) is 93.7 Å². The molecule has 0 bridgehead atoms. The molecular weight excluding hydrogens is 853 g/mol. The zero-order chi connectivity index (χ0) is 50.0. The summed E-state index contributed by atoms with van der Waals surface area (Å²) >= 11 is 0. The number of rotatable bonds is 53. The van der Waals surface area contributed by atoms with Gasteiger partial charge >= 0.3 is 17.9 Å². The van der Waals surface area contributed by atoms with Gasteiger partial charge in [0.05, 0.1) is 0 Å². The monoisotopic (exact) mass is 963 g/mol. The summed E-state index contributed by atoms with van der Waals surface area (Å²) in [6.45, 7) is 6.52. The van der Waals surface area contributed by atoms with Gasteiger partial charge in [-0.1, -0.05) is 254 Å².